The highest BCUT2D eigenvalue weighted by molar-refractivity contribution is 6.70. The van der Waals surface area contributed by atoms with Gasteiger partial charge in [-0.25, -0.2) is 0 Å². The first-order chi connectivity index (χ1) is 12.0. The lowest BCUT2D eigenvalue weighted by atomic mass is 10.0. The number of likely N-dealkylation sites (N-methyl/N-ethyl adjacent to an activating group) is 1. The van der Waals surface area contributed by atoms with Crippen molar-refractivity contribution in [1.82, 2.24) is 4.90 Å². The van der Waals surface area contributed by atoms with Crippen LogP contribution >= 0.6 is 0 Å². The Labute approximate surface area is 161 Å². The molecule has 0 aromatic heterocycles. The van der Waals surface area contributed by atoms with Crippen molar-refractivity contribution in [2.24, 2.45) is 0 Å². The Bertz CT molecular complexity index is 637. The van der Waals surface area contributed by atoms with Crippen LogP contribution in [0.1, 0.15) is 18.6 Å². The van der Waals surface area contributed by atoms with Gasteiger partial charge in [-0.2, -0.15) is 13.2 Å². The number of carbonyl (C=O) groups excluding carboxylic acids is 1. The molecule has 0 bridgehead atoms. The van der Waals surface area contributed by atoms with Crippen LogP contribution < -0.4 is 4.43 Å². The minimum Gasteiger partial charge on any atom is -0.544 e. The van der Waals surface area contributed by atoms with Gasteiger partial charge in [-0.15, -0.1) is 0 Å². The van der Waals surface area contributed by atoms with Gasteiger partial charge in [0.15, 0.2) is 8.32 Å². The molecule has 27 heavy (non-hydrogen) atoms. The highest BCUT2D eigenvalue weighted by atomic mass is 28.4. The Morgan fingerprint density at radius 3 is 1.85 bits per heavy atom. The molecule has 0 saturated heterocycles. The number of carbonyl (C=O) groups is 1. The predicted molar refractivity (Wildman–Crippen MR) is 106 cm³/mol. The second-order valence-electron chi connectivity index (χ2n) is 8.59. The van der Waals surface area contributed by atoms with Gasteiger partial charge in [0.2, 0.25) is 8.32 Å². The summed E-state index contributed by atoms with van der Waals surface area (Å²) < 4.78 is 50.6. The van der Waals surface area contributed by atoms with Gasteiger partial charge in [0.05, 0.1) is 12.1 Å². The summed E-state index contributed by atoms with van der Waals surface area (Å²) in [7, 11) is -2.69. The summed E-state index contributed by atoms with van der Waals surface area (Å²) in [4.78, 5) is 12.4. The van der Waals surface area contributed by atoms with Crippen LogP contribution in [-0.2, 0) is 9.22 Å². The molecule has 9 heteroatoms. The fraction of sp³-hybridized carbons (Fsp3) is 0.611. The van der Waals surface area contributed by atoms with Gasteiger partial charge in [-0.3, -0.25) is 4.79 Å². The zero-order chi connectivity index (χ0) is 21.2. The van der Waals surface area contributed by atoms with Gasteiger partial charge in [-0.1, -0.05) is 12.1 Å². The third-order valence-electron chi connectivity index (χ3n) is 3.73. The fourth-order valence-electron chi connectivity index (χ4n) is 2.49. The van der Waals surface area contributed by atoms with Crippen molar-refractivity contribution >= 4 is 22.5 Å². The molecule has 2 unspecified atom stereocenters. The van der Waals surface area contributed by atoms with Gasteiger partial charge in [0.25, 0.3) is 0 Å². The van der Waals surface area contributed by atoms with Crippen molar-refractivity contribution in [3.63, 3.8) is 0 Å². The maximum absolute atomic E-state index is 12.8. The van der Waals surface area contributed by atoms with E-state index < -0.39 is 40.9 Å². The number of rotatable bonds is 7. The summed E-state index contributed by atoms with van der Waals surface area (Å²) in [6, 6.07) is 6.40. The first-order valence-corrected chi connectivity index (χ1v) is 15.6. The molecule has 0 saturated carbocycles. The minimum atomic E-state index is -4.91. The molecule has 1 rings (SSSR count). The van der Waals surface area contributed by atoms with E-state index in [0.717, 1.165) is 18.4 Å². The number of amides is 1. The Kier molecular flexibility index (Phi) is 7.34. The van der Waals surface area contributed by atoms with E-state index in [1.54, 1.807) is 31.2 Å². The van der Waals surface area contributed by atoms with E-state index in [1.165, 1.54) is 0 Å². The topological polar surface area (TPSA) is 38.8 Å². The van der Waals surface area contributed by atoms with E-state index in [-0.39, 0.29) is 0 Å². The number of alkyl halides is 3. The lowest BCUT2D eigenvalue weighted by Crippen LogP contribution is -2.47. The van der Waals surface area contributed by atoms with Gasteiger partial charge in [-0.05, 0) is 63.9 Å². The Hall–Kier alpha value is -1.33. The number of benzene rings is 1. The molecule has 0 N–H and O–H groups in total. The quantitative estimate of drug-likeness (QED) is 0.568. The minimum absolute atomic E-state index is 0.658. The first kappa shape index (κ1) is 23.7. The smallest absolute Gasteiger partial charge is 0.471 e. The van der Waals surface area contributed by atoms with Crippen LogP contribution in [0.4, 0.5) is 13.2 Å². The molecule has 0 fully saturated rings. The van der Waals surface area contributed by atoms with Gasteiger partial charge < -0.3 is 13.8 Å². The van der Waals surface area contributed by atoms with Crippen molar-refractivity contribution in [3.8, 4) is 5.75 Å². The maximum Gasteiger partial charge on any atom is 0.471 e. The van der Waals surface area contributed by atoms with E-state index in [2.05, 4.69) is 19.6 Å². The van der Waals surface area contributed by atoms with Gasteiger partial charge in [0.1, 0.15) is 5.75 Å². The summed E-state index contributed by atoms with van der Waals surface area (Å²) in [5.74, 6) is -1.16. The Morgan fingerprint density at radius 1 is 1.00 bits per heavy atom. The zero-order valence-corrected chi connectivity index (χ0v) is 19.3. The molecule has 0 aliphatic rings. The number of hydrogen-bond donors (Lipinski definition) is 0. The highest BCUT2D eigenvalue weighted by Gasteiger charge is 2.44. The molecule has 0 radical (unpaired) electrons. The van der Waals surface area contributed by atoms with E-state index in [4.69, 9.17) is 8.85 Å². The molecule has 1 amide bonds. The van der Waals surface area contributed by atoms with Crippen LogP contribution in [0.3, 0.4) is 0 Å². The lowest BCUT2D eigenvalue weighted by Gasteiger charge is -2.36. The summed E-state index contributed by atoms with van der Waals surface area (Å²) in [5, 5.41) is 0. The number of nitrogens with zero attached hydrogens (tertiary/aromatic N) is 1. The molecular weight excluding hydrogens is 391 g/mol. The van der Waals surface area contributed by atoms with E-state index in [0.29, 0.717) is 4.90 Å². The molecule has 1 aromatic rings. The third kappa shape index (κ3) is 7.67. The Balaban J connectivity index is 3.16. The summed E-state index contributed by atoms with van der Waals surface area (Å²) in [6.45, 7) is 13.7. The average Bonchev–Trinajstić information content (AvgIpc) is 2.48. The molecular formula is C18H30F3NO3Si2. The third-order valence-corrected chi connectivity index (χ3v) is 5.53. The molecule has 154 valence electrons. The van der Waals surface area contributed by atoms with Crippen molar-refractivity contribution in [1.29, 1.82) is 0 Å². The molecule has 4 nitrogen and oxygen atoms in total. The standard InChI is InChI=1S/C18H30F3NO3Si2/c1-13(22(2)17(23)18(19,20)21)16(25-27(6,7)8)14-9-11-15(12-10-14)24-26(3,4)5/h9-13,16H,1-8H3. The van der Waals surface area contributed by atoms with Crippen LogP contribution in [0, 0.1) is 0 Å². The zero-order valence-electron chi connectivity index (χ0n) is 17.3. The lowest BCUT2D eigenvalue weighted by molar-refractivity contribution is -0.187. The predicted octanol–water partition coefficient (Wildman–Crippen LogP) is 5.20. The van der Waals surface area contributed by atoms with Crippen LogP contribution in [-0.4, -0.2) is 46.7 Å². The summed E-state index contributed by atoms with van der Waals surface area (Å²) >= 11 is 0. The maximum atomic E-state index is 12.8. The second-order valence-corrected chi connectivity index (χ2v) is 17.5. The summed E-state index contributed by atoms with van der Waals surface area (Å²) in [5.41, 5.74) is 0.717. The normalized spacial score (nSPS) is 15.2. The van der Waals surface area contributed by atoms with Crippen molar-refractivity contribution in [2.75, 3.05) is 7.05 Å². The van der Waals surface area contributed by atoms with E-state index in [9.17, 15) is 18.0 Å². The molecule has 0 spiro atoms. The fourth-order valence-corrected chi connectivity index (χ4v) is 4.43. The largest absolute Gasteiger partial charge is 0.544 e. The van der Waals surface area contributed by atoms with Gasteiger partial charge in [0, 0.05) is 7.05 Å². The molecule has 0 aliphatic carbocycles. The van der Waals surface area contributed by atoms with Crippen LogP contribution in [0.2, 0.25) is 39.3 Å². The highest BCUT2D eigenvalue weighted by Crippen LogP contribution is 2.31. The van der Waals surface area contributed by atoms with Gasteiger partial charge >= 0.3 is 12.1 Å². The Morgan fingerprint density at radius 2 is 1.48 bits per heavy atom. The molecule has 2 atom stereocenters. The second kappa shape index (κ2) is 8.36. The first-order valence-electron chi connectivity index (χ1n) is 8.82. The molecule has 1 aromatic carbocycles. The van der Waals surface area contributed by atoms with Crippen LogP contribution in [0.5, 0.6) is 5.75 Å². The van der Waals surface area contributed by atoms with Crippen LogP contribution in [0.15, 0.2) is 24.3 Å². The van der Waals surface area contributed by atoms with Crippen molar-refractivity contribution < 1.29 is 26.8 Å². The SMILES string of the molecule is CC(C(O[Si](C)(C)C)c1ccc(O[Si](C)(C)C)cc1)N(C)C(=O)C(F)(F)F. The van der Waals surface area contributed by atoms with Crippen LogP contribution in [0.25, 0.3) is 0 Å². The molecule has 0 aliphatic heterocycles. The molecule has 0 heterocycles. The summed E-state index contributed by atoms with van der Waals surface area (Å²) in [6.07, 6.45) is -5.57. The van der Waals surface area contributed by atoms with Crippen molar-refractivity contribution in [2.45, 2.75) is 64.5 Å². The number of hydrogen-bond acceptors (Lipinski definition) is 3. The van der Waals surface area contributed by atoms with E-state index >= 15 is 0 Å². The average molecular weight is 422 g/mol. The van der Waals surface area contributed by atoms with Crippen molar-refractivity contribution in [3.05, 3.63) is 29.8 Å². The van der Waals surface area contributed by atoms with E-state index in [1.807, 2.05) is 19.6 Å². The number of halogens is 3. The monoisotopic (exact) mass is 421 g/mol.